The number of halogens is 2. The third kappa shape index (κ3) is 8.48. The topological polar surface area (TPSA) is 107 Å². The SMILES string of the molecule is CCCOc1ccc(C(=O)CCC(O)(c2cc(CNC(=O)OC(C)(C)C)cc(-c3ccc(F)c(Cl)c3)n2)C2CC2)cc1OC. The highest BCUT2D eigenvalue weighted by Gasteiger charge is 2.46. The van der Waals surface area contributed by atoms with E-state index in [4.69, 9.17) is 30.8 Å². The average Bonchev–Trinajstić information content (AvgIpc) is 3.84. The van der Waals surface area contributed by atoms with Gasteiger partial charge in [0, 0.05) is 24.1 Å². The molecule has 0 bridgehead atoms. The van der Waals surface area contributed by atoms with Crippen molar-refractivity contribution in [1.82, 2.24) is 10.3 Å². The van der Waals surface area contributed by atoms with Crippen molar-refractivity contribution in [2.45, 2.75) is 77.5 Å². The average molecular weight is 627 g/mol. The maximum absolute atomic E-state index is 14.0. The van der Waals surface area contributed by atoms with E-state index in [9.17, 15) is 19.1 Å². The molecule has 1 saturated carbocycles. The molecule has 1 heterocycles. The Morgan fingerprint density at radius 2 is 1.84 bits per heavy atom. The fourth-order valence-corrected chi connectivity index (χ4v) is 5.11. The molecule has 1 aliphatic rings. The smallest absolute Gasteiger partial charge is 0.407 e. The fraction of sp³-hybridized carbons (Fsp3) is 0.441. The van der Waals surface area contributed by atoms with Gasteiger partial charge in [0.05, 0.1) is 30.1 Å². The zero-order valence-electron chi connectivity index (χ0n) is 25.8. The molecule has 2 N–H and O–H groups in total. The number of methoxy groups -OCH3 is 1. The zero-order valence-corrected chi connectivity index (χ0v) is 26.6. The van der Waals surface area contributed by atoms with Gasteiger partial charge in [-0.3, -0.25) is 4.79 Å². The first-order valence-electron chi connectivity index (χ1n) is 14.8. The van der Waals surface area contributed by atoms with Crippen molar-refractivity contribution in [3.63, 3.8) is 0 Å². The van der Waals surface area contributed by atoms with Crippen LogP contribution in [0.3, 0.4) is 0 Å². The highest BCUT2D eigenvalue weighted by atomic mass is 35.5. The van der Waals surface area contributed by atoms with Crippen molar-refractivity contribution in [3.8, 4) is 22.8 Å². The van der Waals surface area contributed by atoms with E-state index in [2.05, 4.69) is 5.32 Å². The molecule has 8 nitrogen and oxygen atoms in total. The molecule has 0 aliphatic heterocycles. The third-order valence-electron chi connectivity index (χ3n) is 7.31. The van der Waals surface area contributed by atoms with Gasteiger partial charge in [-0.2, -0.15) is 0 Å². The van der Waals surface area contributed by atoms with Crippen molar-refractivity contribution in [1.29, 1.82) is 0 Å². The summed E-state index contributed by atoms with van der Waals surface area (Å²) in [6.45, 7) is 7.95. The highest BCUT2D eigenvalue weighted by molar-refractivity contribution is 6.31. The van der Waals surface area contributed by atoms with Crippen molar-refractivity contribution in [2.75, 3.05) is 13.7 Å². The Morgan fingerprint density at radius 1 is 1.09 bits per heavy atom. The van der Waals surface area contributed by atoms with Crippen LogP contribution in [-0.2, 0) is 16.9 Å². The van der Waals surface area contributed by atoms with Crippen LogP contribution in [0.2, 0.25) is 5.02 Å². The van der Waals surface area contributed by atoms with Gasteiger partial charge < -0.3 is 24.6 Å². The largest absolute Gasteiger partial charge is 0.493 e. The van der Waals surface area contributed by atoms with Gasteiger partial charge >= 0.3 is 6.09 Å². The number of nitrogens with zero attached hydrogens (tertiary/aromatic N) is 1. The number of ketones is 1. The van der Waals surface area contributed by atoms with E-state index in [-0.39, 0.29) is 36.1 Å². The highest BCUT2D eigenvalue weighted by Crippen LogP contribution is 2.48. The Kier molecular flexibility index (Phi) is 10.5. The Morgan fingerprint density at radius 3 is 2.48 bits per heavy atom. The number of hydrogen-bond donors (Lipinski definition) is 2. The molecule has 4 rings (SSSR count). The van der Waals surface area contributed by atoms with E-state index < -0.39 is 23.1 Å². The first-order valence-corrected chi connectivity index (χ1v) is 15.2. The monoisotopic (exact) mass is 626 g/mol. The van der Waals surface area contributed by atoms with Crippen LogP contribution in [-0.4, -0.2) is 41.3 Å². The van der Waals surface area contributed by atoms with E-state index in [1.165, 1.54) is 19.2 Å². The second-order valence-corrected chi connectivity index (χ2v) is 12.5. The number of carbonyl (C=O) groups is 2. The quantitative estimate of drug-likeness (QED) is 0.188. The lowest BCUT2D eigenvalue weighted by Gasteiger charge is -2.29. The zero-order chi connectivity index (χ0) is 32.1. The van der Waals surface area contributed by atoms with Crippen LogP contribution in [0.4, 0.5) is 9.18 Å². The van der Waals surface area contributed by atoms with Gasteiger partial charge in [-0.05, 0) is 106 Å². The predicted molar refractivity (Wildman–Crippen MR) is 167 cm³/mol. The van der Waals surface area contributed by atoms with Crippen LogP contribution in [0, 0.1) is 11.7 Å². The maximum atomic E-state index is 14.0. The molecule has 0 spiro atoms. The number of carbonyl (C=O) groups excluding carboxylic acids is 2. The lowest BCUT2D eigenvalue weighted by molar-refractivity contribution is -0.00113. The molecular weight excluding hydrogens is 587 g/mol. The molecular formula is C34H40ClFN2O6. The third-order valence-corrected chi connectivity index (χ3v) is 7.60. The summed E-state index contributed by atoms with van der Waals surface area (Å²) in [6.07, 6.45) is 2.00. The van der Waals surface area contributed by atoms with Crippen molar-refractivity contribution < 1.29 is 33.3 Å². The summed E-state index contributed by atoms with van der Waals surface area (Å²) in [4.78, 5) is 30.5. The van der Waals surface area contributed by atoms with Crippen LogP contribution in [0.15, 0.2) is 48.5 Å². The van der Waals surface area contributed by atoms with Crippen LogP contribution in [0.1, 0.15) is 81.4 Å². The van der Waals surface area contributed by atoms with Gasteiger partial charge in [-0.25, -0.2) is 14.2 Å². The Hall–Kier alpha value is -3.69. The summed E-state index contributed by atoms with van der Waals surface area (Å²) in [5.41, 5.74) is 0.377. The summed E-state index contributed by atoms with van der Waals surface area (Å²) >= 11 is 6.08. The fourth-order valence-electron chi connectivity index (χ4n) is 4.93. The van der Waals surface area contributed by atoms with Crippen molar-refractivity contribution >= 4 is 23.5 Å². The number of pyridine rings is 1. The van der Waals surface area contributed by atoms with Gasteiger partial charge in [0.25, 0.3) is 0 Å². The van der Waals surface area contributed by atoms with Crippen LogP contribution in [0.25, 0.3) is 11.3 Å². The summed E-state index contributed by atoms with van der Waals surface area (Å²) < 4.78 is 30.5. The first kappa shape index (κ1) is 33.2. The van der Waals surface area contributed by atoms with E-state index >= 15 is 0 Å². The number of hydrogen-bond acceptors (Lipinski definition) is 7. The second-order valence-electron chi connectivity index (χ2n) is 12.1. The minimum absolute atomic E-state index is 0.0606. The van der Waals surface area contributed by atoms with Gasteiger partial charge in [0.2, 0.25) is 0 Å². The molecule has 1 fully saturated rings. The molecule has 3 aromatic rings. The number of amides is 1. The number of aromatic nitrogens is 1. The lowest BCUT2D eigenvalue weighted by atomic mass is 9.85. The van der Waals surface area contributed by atoms with E-state index in [0.717, 1.165) is 19.3 Å². The first-order chi connectivity index (χ1) is 20.8. The Bertz CT molecular complexity index is 1500. The van der Waals surface area contributed by atoms with E-state index in [0.29, 0.717) is 46.2 Å². The number of ether oxygens (including phenoxy) is 3. The Balaban J connectivity index is 1.63. The van der Waals surface area contributed by atoms with Crippen LogP contribution < -0.4 is 14.8 Å². The second kappa shape index (κ2) is 13.9. The molecule has 0 saturated heterocycles. The van der Waals surface area contributed by atoms with E-state index in [1.54, 1.807) is 57.2 Å². The number of benzene rings is 2. The Labute approximate surface area is 262 Å². The van der Waals surface area contributed by atoms with Gasteiger partial charge in [-0.1, -0.05) is 18.5 Å². The van der Waals surface area contributed by atoms with Gasteiger partial charge in [-0.15, -0.1) is 0 Å². The van der Waals surface area contributed by atoms with Crippen LogP contribution in [0.5, 0.6) is 11.5 Å². The standard InChI is InChI=1S/C34H40ClFN2O6/c1-6-15-43-29-12-8-23(19-30(29)42-5)28(39)13-14-34(41,24-9-10-24)31-17-21(20-37-32(40)44-33(2,3)4)16-27(38-31)22-7-11-26(36)25(35)18-22/h7-8,11-12,16-19,24,41H,6,9-10,13-15,20H2,1-5H3,(H,37,40). The molecule has 236 valence electrons. The van der Waals surface area contributed by atoms with Crippen LogP contribution >= 0.6 is 11.6 Å². The molecule has 1 aliphatic carbocycles. The predicted octanol–water partition coefficient (Wildman–Crippen LogP) is 7.62. The molecule has 0 radical (unpaired) electrons. The number of aliphatic hydroxyl groups is 1. The lowest BCUT2D eigenvalue weighted by Crippen LogP contribution is -2.33. The number of Topliss-reactive ketones (excluding diaryl/α,β-unsaturated/α-hetero) is 1. The summed E-state index contributed by atoms with van der Waals surface area (Å²) in [7, 11) is 1.52. The molecule has 1 atom stereocenters. The molecule has 1 unspecified atom stereocenters. The van der Waals surface area contributed by atoms with E-state index in [1.807, 2.05) is 6.92 Å². The summed E-state index contributed by atoms with van der Waals surface area (Å²) in [5.74, 6) is 0.220. The molecule has 1 amide bonds. The summed E-state index contributed by atoms with van der Waals surface area (Å²) in [6, 6.07) is 12.8. The number of alkyl carbamates (subject to hydrolysis) is 1. The normalized spacial score (nSPS) is 14.5. The van der Waals surface area contributed by atoms with Crippen molar-refractivity contribution in [2.24, 2.45) is 5.92 Å². The molecule has 1 aromatic heterocycles. The summed E-state index contributed by atoms with van der Waals surface area (Å²) in [5, 5.41) is 14.8. The minimum atomic E-state index is -1.41. The van der Waals surface area contributed by atoms with Crippen molar-refractivity contribution in [3.05, 3.63) is 76.2 Å². The molecule has 2 aromatic carbocycles. The van der Waals surface area contributed by atoms with Gasteiger partial charge in [0.1, 0.15) is 17.0 Å². The number of nitrogens with one attached hydrogen (secondary N) is 1. The minimum Gasteiger partial charge on any atom is -0.493 e. The number of rotatable bonds is 13. The molecule has 44 heavy (non-hydrogen) atoms. The maximum Gasteiger partial charge on any atom is 0.407 e. The molecule has 10 heteroatoms. The van der Waals surface area contributed by atoms with Gasteiger partial charge in [0.15, 0.2) is 17.3 Å².